The van der Waals surface area contributed by atoms with Crippen molar-refractivity contribution in [3.63, 3.8) is 0 Å². The third-order valence-electron chi connectivity index (χ3n) is 2.28. The van der Waals surface area contributed by atoms with Crippen molar-refractivity contribution in [2.24, 2.45) is 0 Å². The Bertz CT molecular complexity index is 442. The van der Waals surface area contributed by atoms with E-state index < -0.39 is 29.4 Å². The Labute approximate surface area is 101 Å². The Morgan fingerprint density at radius 2 is 1.94 bits per heavy atom. The van der Waals surface area contributed by atoms with Crippen molar-refractivity contribution in [1.82, 2.24) is 0 Å². The van der Waals surface area contributed by atoms with Crippen molar-refractivity contribution in [2.75, 3.05) is 14.2 Å². The molecule has 0 amide bonds. The zero-order valence-electron chi connectivity index (χ0n) is 9.62. The topological polar surface area (TPSA) is 55.8 Å². The fourth-order valence-electron chi connectivity index (χ4n) is 1.38. The molecule has 100 valence electrons. The van der Waals surface area contributed by atoms with Gasteiger partial charge in [-0.1, -0.05) is 6.07 Å². The van der Waals surface area contributed by atoms with Crippen molar-refractivity contribution in [2.45, 2.75) is 12.3 Å². The summed E-state index contributed by atoms with van der Waals surface area (Å²) in [7, 11) is 2.19. The van der Waals surface area contributed by atoms with Gasteiger partial charge in [-0.15, -0.1) is 0 Å². The molecule has 0 spiro atoms. The van der Waals surface area contributed by atoms with E-state index in [0.29, 0.717) is 6.07 Å². The highest BCUT2D eigenvalue weighted by molar-refractivity contribution is 5.76. The Morgan fingerprint density at radius 3 is 2.39 bits per heavy atom. The average Bonchev–Trinajstić information content (AvgIpc) is 2.35. The van der Waals surface area contributed by atoms with Crippen molar-refractivity contribution in [1.29, 1.82) is 0 Å². The van der Waals surface area contributed by atoms with Gasteiger partial charge in [-0.3, -0.25) is 0 Å². The first-order chi connectivity index (χ1) is 8.31. The molecule has 1 rings (SSSR count). The molecule has 0 fully saturated rings. The van der Waals surface area contributed by atoms with Crippen LogP contribution in [0.3, 0.4) is 0 Å². The van der Waals surface area contributed by atoms with Crippen molar-refractivity contribution in [3.05, 3.63) is 29.3 Å². The fourth-order valence-corrected chi connectivity index (χ4v) is 1.38. The second-order valence-electron chi connectivity index (χ2n) is 3.38. The number of aliphatic hydroxyl groups excluding tert-OH is 1. The number of ether oxygens (including phenoxy) is 2. The minimum absolute atomic E-state index is 0.0249. The number of alkyl halides is 3. The van der Waals surface area contributed by atoms with Gasteiger partial charge in [0.05, 0.1) is 19.8 Å². The number of aliphatic hydroxyl groups is 1. The largest absolute Gasteiger partial charge is 0.497 e. The van der Waals surface area contributed by atoms with Crippen LogP contribution in [0, 0.1) is 0 Å². The molecule has 0 bridgehead atoms. The van der Waals surface area contributed by atoms with E-state index in [4.69, 9.17) is 0 Å². The summed E-state index contributed by atoms with van der Waals surface area (Å²) in [5.41, 5.74) is -1.71. The molecule has 0 aliphatic heterocycles. The fraction of sp³-hybridized carbons (Fsp3) is 0.364. The highest BCUT2D eigenvalue weighted by atomic mass is 19.4. The lowest BCUT2D eigenvalue weighted by molar-refractivity contribution is -0.152. The van der Waals surface area contributed by atoms with Gasteiger partial charge < -0.3 is 14.6 Å². The maximum Gasteiger partial charge on any atom is 0.416 e. The van der Waals surface area contributed by atoms with Crippen LogP contribution in [0.5, 0.6) is 5.75 Å². The van der Waals surface area contributed by atoms with E-state index in [0.717, 1.165) is 13.2 Å². The van der Waals surface area contributed by atoms with E-state index in [-0.39, 0.29) is 5.75 Å². The first-order valence-electron chi connectivity index (χ1n) is 4.82. The number of halogens is 3. The zero-order chi connectivity index (χ0) is 13.9. The third-order valence-corrected chi connectivity index (χ3v) is 2.28. The van der Waals surface area contributed by atoms with Gasteiger partial charge in [0.2, 0.25) is 0 Å². The molecule has 0 saturated heterocycles. The lowest BCUT2D eigenvalue weighted by Crippen LogP contribution is -2.19. The molecule has 7 heteroatoms. The second kappa shape index (κ2) is 5.26. The zero-order valence-corrected chi connectivity index (χ0v) is 9.62. The first kappa shape index (κ1) is 14.3. The molecule has 1 aromatic rings. The molecule has 0 aromatic heterocycles. The number of benzene rings is 1. The molecule has 0 heterocycles. The molecule has 4 nitrogen and oxygen atoms in total. The SMILES string of the molecule is COC(=O)C(O)c1ccc(OC)cc1C(F)(F)F. The van der Waals surface area contributed by atoms with Crippen molar-refractivity contribution < 1.29 is 32.5 Å². The Hall–Kier alpha value is -1.76. The summed E-state index contributed by atoms with van der Waals surface area (Å²) in [6.45, 7) is 0. The molecule has 0 aliphatic rings. The van der Waals surface area contributed by atoms with Crippen LogP contribution in [0.15, 0.2) is 18.2 Å². The monoisotopic (exact) mass is 264 g/mol. The van der Waals surface area contributed by atoms with Gasteiger partial charge in [-0.05, 0) is 12.1 Å². The molecule has 0 saturated carbocycles. The number of carbonyl (C=O) groups is 1. The van der Waals surface area contributed by atoms with Crippen LogP contribution in [0.4, 0.5) is 13.2 Å². The minimum Gasteiger partial charge on any atom is -0.497 e. The Balaban J connectivity index is 3.31. The Morgan fingerprint density at radius 1 is 1.33 bits per heavy atom. The number of hydrogen-bond acceptors (Lipinski definition) is 4. The van der Waals surface area contributed by atoms with Gasteiger partial charge in [0.15, 0.2) is 6.10 Å². The van der Waals surface area contributed by atoms with Gasteiger partial charge in [-0.25, -0.2) is 4.79 Å². The predicted octanol–water partition coefficient (Wildman–Crippen LogP) is 1.92. The number of carbonyl (C=O) groups excluding carboxylic acids is 1. The van der Waals surface area contributed by atoms with Crippen LogP contribution >= 0.6 is 0 Å². The molecular formula is C11H11F3O4. The molecule has 1 atom stereocenters. The lowest BCUT2D eigenvalue weighted by Gasteiger charge is -2.17. The van der Waals surface area contributed by atoms with Crippen LogP contribution < -0.4 is 4.74 Å². The lowest BCUT2D eigenvalue weighted by atomic mass is 10.0. The smallest absolute Gasteiger partial charge is 0.416 e. The number of rotatable bonds is 3. The summed E-state index contributed by atoms with van der Waals surface area (Å²) < 4.78 is 47.2. The van der Waals surface area contributed by atoms with Crippen molar-refractivity contribution in [3.8, 4) is 5.75 Å². The van der Waals surface area contributed by atoms with Crippen LogP contribution in [-0.2, 0) is 15.7 Å². The molecule has 0 aliphatic carbocycles. The quantitative estimate of drug-likeness (QED) is 0.847. The van der Waals surface area contributed by atoms with Gasteiger partial charge in [-0.2, -0.15) is 13.2 Å². The number of esters is 1. The highest BCUT2D eigenvalue weighted by Crippen LogP contribution is 2.37. The summed E-state index contributed by atoms with van der Waals surface area (Å²) in [6, 6.07) is 2.90. The van der Waals surface area contributed by atoms with Crippen LogP contribution in [-0.4, -0.2) is 25.3 Å². The third kappa shape index (κ3) is 2.92. The minimum atomic E-state index is -4.71. The number of methoxy groups -OCH3 is 2. The van der Waals surface area contributed by atoms with E-state index in [1.807, 2.05) is 0 Å². The molecular weight excluding hydrogens is 253 g/mol. The summed E-state index contributed by atoms with van der Waals surface area (Å²) in [5.74, 6) is -1.19. The molecule has 0 radical (unpaired) electrons. The van der Waals surface area contributed by atoms with Gasteiger partial charge >= 0.3 is 12.1 Å². The van der Waals surface area contributed by atoms with Crippen LogP contribution in [0.1, 0.15) is 17.2 Å². The van der Waals surface area contributed by atoms with E-state index in [1.54, 1.807) is 0 Å². The summed E-state index contributed by atoms with van der Waals surface area (Å²) in [6.07, 6.45) is -6.70. The highest BCUT2D eigenvalue weighted by Gasteiger charge is 2.37. The number of hydrogen-bond donors (Lipinski definition) is 1. The summed E-state index contributed by atoms with van der Waals surface area (Å²) in [5, 5.41) is 9.48. The summed E-state index contributed by atoms with van der Waals surface area (Å²) in [4.78, 5) is 11.1. The molecule has 1 aromatic carbocycles. The molecule has 18 heavy (non-hydrogen) atoms. The summed E-state index contributed by atoms with van der Waals surface area (Å²) >= 11 is 0. The van der Waals surface area contributed by atoms with Gasteiger partial charge in [0.1, 0.15) is 5.75 Å². The van der Waals surface area contributed by atoms with Gasteiger partial charge in [0, 0.05) is 5.56 Å². The molecule has 1 unspecified atom stereocenters. The Kier molecular flexibility index (Phi) is 4.18. The average molecular weight is 264 g/mol. The van der Waals surface area contributed by atoms with Crippen LogP contribution in [0.25, 0.3) is 0 Å². The van der Waals surface area contributed by atoms with Crippen molar-refractivity contribution >= 4 is 5.97 Å². The maximum absolute atomic E-state index is 12.8. The van der Waals surface area contributed by atoms with E-state index in [2.05, 4.69) is 9.47 Å². The van der Waals surface area contributed by atoms with E-state index >= 15 is 0 Å². The maximum atomic E-state index is 12.8. The predicted molar refractivity (Wildman–Crippen MR) is 55.0 cm³/mol. The van der Waals surface area contributed by atoms with E-state index in [1.165, 1.54) is 13.2 Å². The normalized spacial score (nSPS) is 13.0. The van der Waals surface area contributed by atoms with Gasteiger partial charge in [0.25, 0.3) is 0 Å². The standard InChI is InChI=1S/C11H11F3O4/c1-17-6-3-4-7(9(15)10(16)18-2)8(5-6)11(12,13)14/h3-5,9,15H,1-2H3. The second-order valence-corrected chi connectivity index (χ2v) is 3.38. The van der Waals surface area contributed by atoms with Crippen LogP contribution in [0.2, 0.25) is 0 Å². The van der Waals surface area contributed by atoms with E-state index in [9.17, 15) is 23.1 Å². The first-order valence-corrected chi connectivity index (χ1v) is 4.82. The molecule has 1 N–H and O–H groups in total.